The predicted molar refractivity (Wildman–Crippen MR) is 192 cm³/mol. The Balaban J connectivity index is 1.19. The molecule has 0 aliphatic carbocycles. The zero-order valence-corrected chi connectivity index (χ0v) is 29.1. The summed E-state index contributed by atoms with van der Waals surface area (Å²) < 4.78 is 31.3. The number of hydrogen-bond donors (Lipinski definition) is 2. The average molecular weight is 720 g/mol. The van der Waals surface area contributed by atoms with Crippen LogP contribution in [0.25, 0.3) is 11.0 Å². The normalized spacial score (nSPS) is 15.8. The summed E-state index contributed by atoms with van der Waals surface area (Å²) in [6, 6.07) is 18.7. The van der Waals surface area contributed by atoms with Crippen molar-refractivity contribution in [2.75, 3.05) is 55.1 Å². The lowest BCUT2D eigenvalue weighted by Crippen LogP contribution is -2.56. The molecular weight excluding hydrogens is 682 g/mol. The van der Waals surface area contributed by atoms with E-state index in [2.05, 4.69) is 14.9 Å². The summed E-state index contributed by atoms with van der Waals surface area (Å²) in [4.78, 5) is 59.7. The highest BCUT2D eigenvalue weighted by Gasteiger charge is 2.31. The van der Waals surface area contributed by atoms with Gasteiger partial charge in [-0.05, 0) is 67.3 Å². The molecule has 262 valence electrons. The first-order valence-corrected chi connectivity index (χ1v) is 18.8. The molecule has 0 saturated carbocycles. The van der Waals surface area contributed by atoms with Crippen LogP contribution in [0.5, 0.6) is 0 Å². The lowest BCUT2D eigenvalue weighted by Gasteiger charge is -2.38. The number of anilines is 2. The number of benzene rings is 3. The molecule has 2 fully saturated rings. The first-order chi connectivity index (χ1) is 23.9. The van der Waals surface area contributed by atoms with E-state index in [1.54, 1.807) is 29.2 Å². The van der Waals surface area contributed by atoms with Gasteiger partial charge in [-0.3, -0.25) is 23.9 Å². The second-order valence-corrected chi connectivity index (χ2v) is 14.8. The summed E-state index contributed by atoms with van der Waals surface area (Å²) in [7, 11) is -3.57. The molecule has 0 unspecified atom stereocenters. The van der Waals surface area contributed by atoms with Crippen LogP contribution >= 0.6 is 11.6 Å². The molecule has 0 bridgehead atoms. The van der Waals surface area contributed by atoms with Crippen LogP contribution in [-0.2, 0) is 21.2 Å². The molecule has 2 aliphatic rings. The van der Waals surface area contributed by atoms with Gasteiger partial charge in [-0.15, -0.1) is 0 Å². The van der Waals surface area contributed by atoms with Crippen LogP contribution in [0.15, 0.2) is 82.0 Å². The van der Waals surface area contributed by atoms with Crippen molar-refractivity contribution >= 4 is 61.7 Å². The van der Waals surface area contributed by atoms with E-state index in [4.69, 9.17) is 16.0 Å². The van der Waals surface area contributed by atoms with Crippen molar-refractivity contribution in [1.82, 2.24) is 15.1 Å². The van der Waals surface area contributed by atoms with Gasteiger partial charge in [-0.2, -0.15) is 0 Å². The summed E-state index contributed by atoms with van der Waals surface area (Å²) in [5.74, 6) is -1.32. The van der Waals surface area contributed by atoms with Gasteiger partial charge in [-0.1, -0.05) is 35.9 Å². The van der Waals surface area contributed by atoms with Crippen molar-refractivity contribution in [3.8, 4) is 0 Å². The Morgan fingerprint density at radius 2 is 1.56 bits per heavy atom. The maximum Gasteiger partial charge on any atom is 0.287 e. The summed E-state index contributed by atoms with van der Waals surface area (Å²) in [5.41, 5.74) is 1.97. The number of amides is 3. The fourth-order valence-corrected chi connectivity index (χ4v) is 7.10. The van der Waals surface area contributed by atoms with E-state index in [9.17, 15) is 27.6 Å². The van der Waals surface area contributed by atoms with Gasteiger partial charge < -0.3 is 24.4 Å². The largest absolute Gasteiger partial charge is 0.451 e. The SMILES string of the molecule is CS(=O)(=O)Nc1ccc2oc(C(=O)N[C@H](Cc3ccc(Cl)cc3)C(=O)N3CCN(c4ccccc4C(=O)N4CCCCC4)CC3)cc(=O)c2c1. The molecule has 0 radical (unpaired) electrons. The zero-order valence-electron chi connectivity index (χ0n) is 27.6. The highest BCUT2D eigenvalue weighted by atomic mass is 35.5. The molecule has 0 spiro atoms. The molecule has 1 atom stereocenters. The van der Waals surface area contributed by atoms with Gasteiger partial charge in [0.1, 0.15) is 11.6 Å². The van der Waals surface area contributed by atoms with Crippen LogP contribution < -0.4 is 20.4 Å². The molecule has 2 N–H and O–H groups in total. The summed E-state index contributed by atoms with van der Waals surface area (Å²) in [6.45, 7) is 3.23. The van der Waals surface area contributed by atoms with Gasteiger partial charge in [-0.25, -0.2) is 8.42 Å². The number of halogens is 1. The van der Waals surface area contributed by atoms with Crippen molar-refractivity contribution in [3.63, 3.8) is 0 Å². The molecule has 14 heteroatoms. The number of nitrogens with one attached hydrogen (secondary N) is 2. The molecule has 3 amide bonds. The van der Waals surface area contributed by atoms with Crippen LogP contribution in [0.4, 0.5) is 11.4 Å². The summed E-state index contributed by atoms with van der Waals surface area (Å²) in [5, 5.41) is 3.40. The van der Waals surface area contributed by atoms with Crippen molar-refractivity contribution in [2.24, 2.45) is 0 Å². The zero-order chi connectivity index (χ0) is 35.4. The van der Waals surface area contributed by atoms with Gasteiger partial charge >= 0.3 is 0 Å². The molecule has 3 aromatic carbocycles. The Bertz CT molecular complexity index is 2070. The summed E-state index contributed by atoms with van der Waals surface area (Å²) >= 11 is 6.09. The van der Waals surface area contributed by atoms with Crippen molar-refractivity contribution in [2.45, 2.75) is 31.7 Å². The third-order valence-electron chi connectivity index (χ3n) is 8.92. The Hall–Kier alpha value is -4.88. The smallest absolute Gasteiger partial charge is 0.287 e. The average Bonchev–Trinajstić information content (AvgIpc) is 3.11. The quantitative estimate of drug-likeness (QED) is 0.262. The minimum Gasteiger partial charge on any atom is -0.451 e. The minimum atomic E-state index is -3.57. The number of fused-ring (bicyclic) bond motifs is 1. The predicted octanol–water partition coefficient (Wildman–Crippen LogP) is 4.13. The number of carbonyl (C=O) groups excluding carboxylic acids is 3. The molecule has 1 aromatic heterocycles. The molecule has 2 saturated heterocycles. The first-order valence-electron chi connectivity index (χ1n) is 16.5. The monoisotopic (exact) mass is 719 g/mol. The van der Waals surface area contributed by atoms with Crippen LogP contribution in [0, 0.1) is 0 Å². The van der Waals surface area contributed by atoms with Crippen molar-refractivity contribution < 1.29 is 27.2 Å². The van der Waals surface area contributed by atoms with Crippen LogP contribution in [0.2, 0.25) is 5.02 Å². The number of sulfonamides is 1. The third-order valence-corrected chi connectivity index (χ3v) is 9.78. The number of nitrogens with zero attached hydrogens (tertiary/aromatic N) is 3. The van der Waals surface area contributed by atoms with E-state index in [-0.39, 0.29) is 40.7 Å². The Morgan fingerprint density at radius 3 is 2.26 bits per heavy atom. The van der Waals surface area contributed by atoms with Gasteiger partial charge in [0, 0.05) is 68.2 Å². The van der Waals surface area contributed by atoms with Crippen molar-refractivity contribution in [3.05, 3.63) is 105 Å². The number of piperidine rings is 1. The van der Waals surface area contributed by atoms with E-state index >= 15 is 0 Å². The Morgan fingerprint density at radius 1 is 0.860 bits per heavy atom. The van der Waals surface area contributed by atoms with Crippen LogP contribution in [-0.4, -0.2) is 87.5 Å². The number of rotatable bonds is 9. The Kier molecular flexibility index (Phi) is 10.4. The number of likely N-dealkylation sites (tertiary alicyclic amines) is 1. The Labute approximate surface area is 295 Å². The summed E-state index contributed by atoms with van der Waals surface area (Å²) in [6.07, 6.45) is 4.29. The lowest BCUT2D eigenvalue weighted by molar-refractivity contribution is -0.133. The van der Waals surface area contributed by atoms with Gasteiger partial charge in [0.2, 0.25) is 15.9 Å². The van der Waals surface area contributed by atoms with E-state index in [1.807, 2.05) is 29.2 Å². The standard InChI is InChI=1S/C36H38ClN5O7S/c1-50(47,48)39-26-13-14-32-28(22-26)31(43)23-33(49-32)34(44)38-29(21-24-9-11-25(37)12-10-24)36(46)42-19-17-40(18-20-42)30-8-4-3-7-27(30)35(45)41-15-5-2-6-16-41/h3-4,7-14,22-23,29,39H,2,5-6,15-21H2,1H3,(H,38,44)/t29-/m1/s1. The molecule has 12 nitrogen and oxygen atoms in total. The van der Waals surface area contributed by atoms with E-state index in [1.165, 1.54) is 18.2 Å². The second-order valence-electron chi connectivity index (χ2n) is 12.6. The van der Waals surface area contributed by atoms with Gasteiger partial charge in [0.15, 0.2) is 11.2 Å². The number of para-hydroxylation sites is 1. The highest BCUT2D eigenvalue weighted by molar-refractivity contribution is 7.92. The molecule has 3 heterocycles. The van der Waals surface area contributed by atoms with Crippen LogP contribution in [0.3, 0.4) is 0 Å². The fourth-order valence-electron chi connectivity index (χ4n) is 6.42. The van der Waals surface area contributed by atoms with Crippen LogP contribution in [0.1, 0.15) is 45.7 Å². The third kappa shape index (κ3) is 8.28. The molecule has 6 rings (SSSR count). The number of hydrogen-bond acceptors (Lipinski definition) is 8. The van der Waals surface area contributed by atoms with Gasteiger partial charge in [0.25, 0.3) is 11.8 Å². The second kappa shape index (κ2) is 14.9. The fraction of sp³-hybridized carbons (Fsp3) is 0.333. The topological polar surface area (TPSA) is 149 Å². The maximum absolute atomic E-state index is 14.0. The first kappa shape index (κ1) is 35.0. The van der Waals surface area contributed by atoms with Gasteiger partial charge in [0.05, 0.1) is 17.2 Å². The lowest BCUT2D eigenvalue weighted by atomic mass is 10.0. The maximum atomic E-state index is 14.0. The number of piperazine rings is 1. The molecule has 2 aliphatic heterocycles. The molecule has 50 heavy (non-hydrogen) atoms. The van der Waals surface area contributed by atoms with E-state index < -0.39 is 27.4 Å². The highest BCUT2D eigenvalue weighted by Crippen LogP contribution is 2.25. The van der Waals surface area contributed by atoms with E-state index in [0.29, 0.717) is 36.8 Å². The minimum absolute atomic E-state index is 0.0240. The number of carbonyl (C=O) groups is 3. The van der Waals surface area contributed by atoms with Crippen molar-refractivity contribution in [1.29, 1.82) is 0 Å². The van der Waals surface area contributed by atoms with E-state index in [0.717, 1.165) is 55.9 Å². The molecular formula is C36H38ClN5O7S. The molecule has 4 aromatic rings.